The third-order valence-corrected chi connectivity index (χ3v) is 5.21. The SMILES string of the molecule is CCOc1ccc2ccccc2c1C(=O)N1CCOC(c2ccc(C)cc2)C1. The minimum absolute atomic E-state index is 0.000613. The lowest BCUT2D eigenvalue weighted by atomic mass is 10.0. The third-order valence-electron chi connectivity index (χ3n) is 5.21. The zero-order valence-corrected chi connectivity index (χ0v) is 16.4. The Kier molecular flexibility index (Phi) is 5.31. The van der Waals surface area contributed by atoms with E-state index in [9.17, 15) is 4.79 Å². The van der Waals surface area contributed by atoms with Gasteiger partial charge in [0.1, 0.15) is 11.9 Å². The van der Waals surface area contributed by atoms with Crippen molar-refractivity contribution in [2.24, 2.45) is 0 Å². The Labute approximate surface area is 165 Å². The number of fused-ring (bicyclic) bond motifs is 1. The van der Waals surface area contributed by atoms with Crippen LogP contribution in [0.3, 0.4) is 0 Å². The van der Waals surface area contributed by atoms with Crippen LogP contribution >= 0.6 is 0 Å². The maximum atomic E-state index is 13.5. The van der Waals surface area contributed by atoms with Crippen molar-refractivity contribution >= 4 is 16.7 Å². The van der Waals surface area contributed by atoms with Crippen LogP contribution < -0.4 is 4.74 Å². The molecule has 4 rings (SSSR count). The van der Waals surface area contributed by atoms with Gasteiger partial charge in [0.15, 0.2) is 0 Å². The molecule has 1 heterocycles. The van der Waals surface area contributed by atoms with Gasteiger partial charge in [0.05, 0.1) is 25.3 Å². The normalized spacial score (nSPS) is 16.9. The summed E-state index contributed by atoms with van der Waals surface area (Å²) in [6.45, 7) is 6.17. The molecule has 4 heteroatoms. The van der Waals surface area contributed by atoms with Gasteiger partial charge >= 0.3 is 0 Å². The highest BCUT2D eigenvalue weighted by Crippen LogP contribution is 2.31. The highest BCUT2D eigenvalue weighted by atomic mass is 16.5. The molecular weight excluding hydrogens is 350 g/mol. The number of amides is 1. The van der Waals surface area contributed by atoms with Crippen LogP contribution in [0.5, 0.6) is 5.75 Å². The predicted molar refractivity (Wildman–Crippen MR) is 111 cm³/mol. The van der Waals surface area contributed by atoms with E-state index in [1.54, 1.807) is 0 Å². The number of hydrogen-bond acceptors (Lipinski definition) is 3. The Hall–Kier alpha value is -2.85. The number of rotatable bonds is 4. The van der Waals surface area contributed by atoms with E-state index in [1.807, 2.05) is 48.2 Å². The van der Waals surface area contributed by atoms with E-state index in [-0.39, 0.29) is 12.0 Å². The van der Waals surface area contributed by atoms with Gasteiger partial charge in [-0.2, -0.15) is 0 Å². The number of morpholine rings is 1. The summed E-state index contributed by atoms with van der Waals surface area (Å²) in [7, 11) is 0. The zero-order chi connectivity index (χ0) is 19.5. The van der Waals surface area contributed by atoms with E-state index in [2.05, 4.69) is 31.2 Å². The molecule has 4 nitrogen and oxygen atoms in total. The lowest BCUT2D eigenvalue weighted by Crippen LogP contribution is -2.42. The molecule has 0 saturated carbocycles. The summed E-state index contributed by atoms with van der Waals surface area (Å²) in [6, 6.07) is 20.2. The predicted octanol–water partition coefficient (Wildman–Crippen LogP) is 4.76. The van der Waals surface area contributed by atoms with Gasteiger partial charge in [-0.1, -0.05) is 60.2 Å². The quantitative estimate of drug-likeness (QED) is 0.660. The highest BCUT2D eigenvalue weighted by Gasteiger charge is 2.29. The topological polar surface area (TPSA) is 38.8 Å². The van der Waals surface area contributed by atoms with Crippen LogP contribution in [0.4, 0.5) is 0 Å². The fourth-order valence-electron chi connectivity index (χ4n) is 3.72. The molecule has 0 radical (unpaired) electrons. The van der Waals surface area contributed by atoms with Crippen molar-refractivity contribution in [2.45, 2.75) is 20.0 Å². The number of carbonyl (C=O) groups is 1. The first-order valence-corrected chi connectivity index (χ1v) is 9.79. The van der Waals surface area contributed by atoms with Gasteiger partial charge in [-0.25, -0.2) is 0 Å². The molecule has 0 spiro atoms. The average Bonchev–Trinajstić information content (AvgIpc) is 2.74. The Morgan fingerprint density at radius 3 is 2.68 bits per heavy atom. The molecule has 3 aromatic carbocycles. The molecule has 0 aromatic heterocycles. The first-order chi connectivity index (χ1) is 13.7. The lowest BCUT2D eigenvalue weighted by Gasteiger charge is -2.34. The highest BCUT2D eigenvalue weighted by molar-refractivity contribution is 6.09. The largest absolute Gasteiger partial charge is 0.493 e. The number of aryl methyl sites for hydroxylation is 1. The Morgan fingerprint density at radius 2 is 1.89 bits per heavy atom. The number of nitrogens with zero attached hydrogens (tertiary/aromatic N) is 1. The second-order valence-corrected chi connectivity index (χ2v) is 7.11. The van der Waals surface area contributed by atoms with Crippen LogP contribution in [0.2, 0.25) is 0 Å². The minimum atomic E-state index is -0.108. The first-order valence-electron chi connectivity index (χ1n) is 9.79. The summed E-state index contributed by atoms with van der Waals surface area (Å²) in [4.78, 5) is 15.4. The van der Waals surface area contributed by atoms with Crippen molar-refractivity contribution in [1.82, 2.24) is 4.90 Å². The molecular formula is C24H25NO3. The van der Waals surface area contributed by atoms with Crippen molar-refractivity contribution in [3.63, 3.8) is 0 Å². The van der Waals surface area contributed by atoms with Gasteiger partial charge in [-0.15, -0.1) is 0 Å². The third kappa shape index (κ3) is 3.60. The van der Waals surface area contributed by atoms with E-state index in [0.717, 1.165) is 16.3 Å². The van der Waals surface area contributed by atoms with Gasteiger partial charge < -0.3 is 14.4 Å². The van der Waals surface area contributed by atoms with Crippen molar-refractivity contribution in [3.8, 4) is 5.75 Å². The van der Waals surface area contributed by atoms with Crippen molar-refractivity contribution in [2.75, 3.05) is 26.3 Å². The van der Waals surface area contributed by atoms with Gasteiger partial charge in [-0.05, 0) is 36.2 Å². The smallest absolute Gasteiger partial charge is 0.258 e. The molecule has 1 saturated heterocycles. The molecule has 0 N–H and O–H groups in total. The molecule has 1 amide bonds. The molecule has 28 heavy (non-hydrogen) atoms. The van der Waals surface area contributed by atoms with Gasteiger partial charge in [0.2, 0.25) is 0 Å². The summed E-state index contributed by atoms with van der Waals surface area (Å²) in [5.41, 5.74) is 2.96. The molecule has 1 atom stereocenters. The fraction of sp³-hybridized carbons (Fsp3) is 0.292. The number of benzene rings is 3. The molecule has 144 valence electrons. The van der Waals surface area contributed by atoms with E-state index >= 15 is 0 Å². The van der Waals surface area contributed by atoms with Gasteiger partial charge in [-0.3, -0.25) is 4.79 Å². The Bertz CT molecular complexity index is 981. The molecule has 0 aliphatic carbocycles. The summed E-state index contributed by atoms with van der Waals surface area (Å²) in [6.07, 6.45) is -0.108. The van der Waals surface area contributed by atoms with E-state index < -0.39 is 0 Å². The zero-order valence-electron chi connectivity index (χ0n) is 16.4. The second kappa shape index (κ2) is 8.03. The van der Waals surface area contributed by atoms with Crippen LogP contribution in [0, 0.1) is 6.92 Å². The molecule has 1 fully saturated rings. The van der Waals surface area contributed by atoms with Crippen molar-refractivity contribution < 1.29 is 14.3 Å². The summed E-state index contributed by atoms with van der Waals surface area (Å²) < 4.78 is 11.8. The average molecular weight is 375 g/mol. The van der Waals surface area contributed by atoms with Crippen LogP contribution in [0.15, 0.2) is 60.7 Å². The van der Waals surface area contributed by atoms with Crippen LogP contribution in [0.1, 0.15) is 34.5 Å². The Balaban J connectivity index is 1.67. The fourth-order valence-corrected chi connectivity index (χ4v) is 3.72. The number of carbonyl (C=O) groups excluding carboxylic acids is 1. The van der Waals surface area contributed by atoms with E-state index in [1.165, 1.54) is 5.56 Å². The standard InChI is InChI=1S/C24H25NO3/c1-3-27-21-13-12-18-6-4-5-7-20(18)23(21)24(26)25-14-15-28-22(16-25)19-10-8-17(2)9-11-19/h4-13,22H,3,14-16H2,1-2H3. The molecule has 0 bridgehead atoms. The van der Waals surface area contributed by atoms with E-state index in [0.29, 0.717) is 37.6 Å². The maximum Gasteiger partial charge on any atom is 0.258 e. The summed E-state index contributed by atoms with van der Waals surface area (Å²) in [5.74, 6) is 0.644. The molecule has 1 aliphatic rings. The summed E-state index contributed by atoms with van der Waals surface area (Å²) >= 11 is 0. The van der Waals surface area contributed by atoms with Crippen LogP contribution in [0.25, 0.3) is 10.8 Å². The molecule has 1 aliphatic heterocycles. The van der Waals surface area contributed by atoms with Gasteiger partial charge in [0.25, 0.3) is 5.91 Å². The Morgan fingerprint density at radius 1 is 1.11 bits per heavy atom. The second-order valence-electron chi connectivity index (χ2n) is 7.11. The number of hydrogen-bond donors (Lipinski definition) is 0. The summed E-state index contributed by atoms with van der Waals surface area (Å²) in [5, 5.41) is 1.97. The van der Waals surface area contributed by atoms with Crippen molar-refractivity contribution in [1.29, 1.82) is 0 Å². The van der Waals surface area contributed by atoms with Crippen LogP contribution in [-0.4, -0.2) is 37.1 Å². The maximum absolute atomic E-state index is 13.5. The lowest BCUT2D eigenvalue weighted by molar-refractivity contribution is -0.0228. The van der Waals surface area contributed by atoms with Crippen LogP contribution in [-0.2, 0) is 4.74 Å². The molecule has 3 aromatic rings. The first kappa shape index (κ1) is 18.5. The monoisotopic (exact) mass is 375 g/mol. The molecule has 1 unspecified atom stereocenters. The van der Waals surface area contributed by atoms with Crippen molar-refractivity contribution in [3.05, 3.63) is 77.4 Å². The van der Waals surface area contributed by atoms with Gasteiger partial charge in [0, 0.05) is 6.54 Å². The van der Waals surface area contributed by atoms with E-state index in [4.69, 9.17) is 9.47 Å². The number of ether oxygens (including phenoxy) is 2. The minimum Gasteiger partial charge on any atom is -0.493 e.